The van der Waals surface area contributed by atoms with E-state index in [1.54, 1.807) is 12.4 Å². The van der Waals surface area contributed by atoms with E-state index in [9.17, 15) is 0 Å². The lowest BCUT2D eigenvalue weighted by Crippen LogP contribution is -2.46. The van der Waals surface area contributed by atoms with Crippen molar-refractivity contribution in [3.05, 3.63) is 30.2 Å². The molecule has 7 heteroatoms. The highest BCUT2D eigenvalue weighted by Crippen LogP contribution is 2.24. The molecule has 25 heavy (non-hydrogen) atoms. The standard InChI is InChI=1S/C18H24N4O3/c1-3-20-16(1)13-24-17-9-14(11-19-12-17)18-10-15(21-25-18)2-4-22-5-7-23-8-6-22/h9-12,16,20H,1-8,13H2/t16-/m0/s1. The fourth-order valence-electron chi connectivity index (χ4n) is 2.98. The third-order valence-corrected chi connectivity index (χ3v) is 4.72. The van der Waals surface area contributed by atoms with Crippen molar-refractivity contribution in [1.29, 1.82) is 0 Å². The average molecular weight is 344 g/mol. The molecule has 0 unspecified atom stereocenters. The number of pyridine rings is 1. The molecule has 2 saturated heterocycles. The summed E-state index contributed by atoms with van der Waals surface area (Å²) in [5, 5.41) is 7.51. The molecule has 7 nitrogen and oxygen atoms in total. The Morgan fingerprint density at radius 1 is 1.24 bits per heavy atom. The number of ether oxygens (including phenoxy) is 2. The zero-order valence-electron chi connectivity index (χ0n) is 14.3. The van der Waals surface area contributed by atoms with Crippen LogP contribution in [0.4, 0.5) is 0 Å². The van der Waals surface area contributed by atoms with E-state index in [2.05, 4.69) is 20.4 Å². The summed E-state index contributed by atoms with van der Waals surface area (Å²) in [4.78, 5) is 6.65. The van der Waals surface area contributed by atoms with Crippen molar-refractivity contribution < 1.29 is 14.0 Å². The molecule has 0 bridgehead atoms. The maximum absolute atomic E-state index is 5.80. The molecule has 0 spiro atoms. The summed E-state index contributed by atoms with van der Waals surface area (Å²) in [5.74, 6) is 1.49. The molecule has 4 heterocycles. The third kappa shape index (κ3) is 4.36. The summed E-state index contributed by atoms with van der Waals surface area (Å²) in [7, 11) is 0. The predicted molar refractivity (Wildman–Crippen MR) is 92.6 cm³/mol. The van der Waals surface area contributed by atoms with Gasteiger partial charge in [0.25, 0.3) is 0 Å². The van der Waals surface area contributed by atoms with Crippen molar-refractivity contribution >= 4 is 0 Å². The molecule has 0 radical (unpaired) electrons. The zero-order valence-corrected chi connectivity index (χ0v) is 14.3. The van der Waals surface area contributed by atoms with Gasteiger partial charge in [0.2, 0.25) is 0 Å². The molecule has 2 fully saturated rings. The second kappa shape index (κ2) is 7.95. The van der Waals surface area contributed by atoms with Crippen LogP contribution < -0.4 is 10.1 Å². The van der Waals surface area contributed by atoms with Gasteiger partial charge in [0, 0.05) is 49.9 Å². The van der Waals surface area contributed by atoms with E-state index in [0.717, 1.165) is 68.6 Å². The maximum atomic E-state index is 5.80. The van der Waals surface area contributed by atoms with Crippen LogP contribution in [0.3, 0.4) is 0 Å². The van der Waals surface area contributed by atoms with Gasteiger partial charge < -0.3 is 19.3 Å². The molecule has 0 aromatic carbocycles. The first kappa shape index (κ1) is 16.5. The Hall–Kier alpha value is -1.96. The first-order chi connectivity index (χ1) is 12.4. The van der Waals surface area contributed by atoms with Crippen molar-refractivity contribution in [2.24, 2.45) is 0 Å². The molecule has 2 aliphatic heterocycles. The number of rotatable bonds is 7. The monoisotopic (exact) mass is 344 g/mol. The Morgan fingerprint density at radius 3 is 2.92 bits per heavy atom. The van der Waals surface area contributed by atoms with Crippen molar-refractivity contribution in [3.63, 3.8) is 0 Å². The Kier molecular flexibility index (Phi) is 5.25. The van der Waals surface area contributed by atoms with Crippen molar-refractivity contribution in [3.8, 4) is 17.1 Å². The molecule has 2 aromatic rings. The number of hydrogen-bond acceptors (Lipinski definition) is 7. The second-order valence-corrected chi connectivity index (χ2v) is 6.55. The highest BCUT2D eigenvalue weighted by atomic mass is 16.5. The van der Waals surface area contributed by atoms with E-state index in [1.807, 2.05) is 12.1 Å². The van der Waals surface area contributed by atoms with Gasteiger partial charge in [-0.3, -0.25) is 9.88 Å². The third-order valence-electron chi connectivity index (χ3n) is 4.72. The van der Waals surface area contributed by atoms with Crippen LogP contribution in [0.1, 0.15) is 12.1 Å². The SMILES string of the molecule is c1ncc(-c2cc(CCN3CCOCC3)no2)cc1OC[C@@H]1CCN1. The van der Waals surface area contributed by atoms with E-state index in [4.69, 9.17) is 14.0 Å². The molecule has 4 rings (SSSR count). The first-order valence-corrected chi connectivity index (χ1v) is 8.94. The molecule has 1 atom stereocenters. The van der Waals surface area contributed by atoms with E-state index in [1.165, 1.54) is 6.42 Å². The Labute approximate surface area is 147 Å². The van der Waals surface area contributed by atoms with E-state index < -0.39 is 0 Å². The lowest BCUT2D eigenvalue weighted by Gasteiger charge is -2.27. The smallest absolute Gasteiger partial charge is 0.168 e. The van der Waals surface area contributed by atoms with E-state index in [0.29, 0.717) is 12.6 Å². The van der Waals surface area contributed by atoms with Crippen LogP contribution in [-0.2, 0) is 11.2 Å². The highest BCUT2D eigenvalue weighted by Gasteiger charge is 2.17. The van der Waals surface area contributed by atoms with Crippen LogP contribution in [0.25, 0.3) is 11.3 Å². The fraction of sp³-hybridized carbons (Fsp3) is 0.556. The summed E-state index contributed by atoms with van der Waals surface area (Å²) in [5.41, 5.74) is 1.86. The zero-order chi connectivity index (χ0) is 16.9. The van der Waals surface area contributed by atoms with Gasteiger partial charge in [0.1, 0.15) is 12.4 Å². The summed E-state index contributed by atoms with van der Waals surface area (Å²) in [6, 6.07) is 4.41. The largest absolute Gasteiger partial charge is 0.490 e. The Bertz CT molecular complexity index is 680. The topological polar surface area (TPSA) is 72.7 Å². The van der Waals surface area contributed by atoms with Crippen molar-refractivity contribution in [2.75, 3.05) is 46.0 Å². The second-order valence-electron chi connectivity index (χ2n) is 6.55. The van der Waals surface area contributed by atoms with Crippen LogP contribution in [0.15, 0.2) is 29.0 Å². The normalized spacial score (nSPS) is 21.0. The van der Waals surface area contributed by atoms with Crippen molar-refractivity contribution in [2.45, 2.75) is 18.9 Å². The van der Waals surface area contributed by atoms with Gasteiger partial charge in [0.05, 0.1) is 25.1 Å². The first-order valence-electron chi connectivity index (χ1n) is 8.94. The molecule has 1 N–H and O–H groups in total. The maximum Gasteiger partial charge on any atom is 0.168 e. The summed E-state index contributed by atoms with van der Waals surface area (Å²) < 4.78 is 16.7. The van der Waals surface area contributed by atoms with E-state index in [-0.39, 0.29) is 0 Å². The van der Waals surface area contributed by atoms with E-state index >= 15 is 0 Å². The minimum Gasteiger partial charge on any atom is -0.490 e. The van der Waals surface area contributed by atoms with Gasteiger partial charge >= 0.3 is 0 Å². The molecule has 0 saturated carbocycles. The number of hydrogen-bond donors (Lipinski definition) is 1. The van der Waals surface area contributed by atoms with Gasteiger partial charge in [-0.1, -0.05) is 5.16 Å². The van der Waals surface area contributed by atoms with Crippen LogP contribution >= 0.6 is 0 Å². The van der Waals surface area contributed by atoms with Crippen molar-refractivity contribution in [1.82, 2.24) is 20.4 Å². The number of aromatic nitrogens is 2. The van der Waals surface area contributed by atoms with Crippen LogP contribution in [0.5, 0.6) is 5.75 Å². The summed E-state index contributed by atoms with van der Waals surface area (Å²) in [6.45, 7) is 6.35. The lowest BCUT2D eigenvalue weighted by atomic mass is 10.1. The molecular weight excluding hydrogens is 320 g/mol. The summed E-state index contributed by atoms with van der Waals surface area (Å²) >= 11 is 0. The van der Waals surface area contributed by atoms with Gasteiger partial charge in [-0.15, -0.1) is 0 Å². The molecule has 2 aromatic heterocycles. The Balaban J connectivity index is 1.34. The minimum absolute atomic E-state index is 0.459. The van der Waals surface area contributed by atoms with Crippen LogP contribution in [0, 0.1) is 0 Å². The number of nitrogens with zero attached hydrogens (tertiary/aromatic N) is 3. The Morgan fingerprint density at radius 2 is 2.12 bits per heavy atom. The predicted octanol–water partition coefficient (Wildman–Crippen LogP) is 1.35. The van der Waals surface area contributed by atoms with Gasteiger partial charge in [-0.2, -0.15) is 0 Å². The van der Waals surface area contributed by atoms with Gasteiger partial charge in [-0.25, -0.2) is 0 Å². The lowest BCUT2D eigenvalue weighted by molar-refractivity contribution is 0.0382. The average Bonchev–Trinajstić information content (AvgIpc) is 3.09. The number of nitrogens with one attached hydrogen (secondary N) is 1. The van der Waals surface area contributed by atoms with Crippen LogP contribution in [-0.4, -0.2) is 67.1 Å². The molecule has 0 aliphatic carbocycles. The number of morpholine rings is 1. The molecule has 0 amide bonds. The van der Waals surface area contributed by atoms with Gasteiger partial charge in [0.15, 0.2) is 5.76 Å². The highest BCUT2D eigenvalue weighted by molar-refractivity contribution is 5.58. The molecular formula is C18H24N4O3. The fourth-order valence-corrected chi connectivity index (χ4v) is 2.98. The van der Waals surface area contributed by atoms with Gasteiger partial charge in [-0.05, 0) is 19.0 Å². The van der Waals surface area contributed by atoms with Crippen LogP contribution in [0.2, 0.25) is 0 Å². The molecule has 2 aliphatic rings. The molecule has 134 valence electrons. The minimum atomic E-state index is 0.459. The summed E-state index contributed by atoms with van der Waals surface area (Å²) in [6.07, 6.45) is 5.56. The quantitative estimate of drug-likeness (QED) is 0.813.